The summed E-state index contributed by atoms with van der Waals surface area (Å²) in [5, 5.41) is 3.70. The van der Waals surface area contributed by atoms with Gasteiger partial charge >= 0.3 is 0 Å². The highest BCUT2D eigenvalue weighted by molar-refractivity contribution is 7.99. The second kappa shape index (κ2) is 7.16. The van der Waals surface area contributed by atoms with Gasteiger partial charge in [-0.2, -0.15) is 0 Å². The van der Waals surface area contributed by atoms with Gasteiger partial charge in [-0.05, 0) is 44.2 Å². The molecule has 0 aliphatic heterocycles. The Balaban J connectivity index is 1.77. The van der Waals surface area contributed by atoms with Crippen LogP contribution in [0.2, 0.25) is 5.02 Å². The first-order chi connectivity index (χ1) is 9.56. The number of carbonyl (C=O) groups excluding carboxylic acids is 1. The van der Waals surface area contributed by atoms with Crippen LogP contribution in [0, 0.1) is 13.8 Å². The van der Waals surface area contributed by atoms with Crippen molar-refractivity contribution in [1.82, 2.24) is 5.32 Å². The van der Waals surface area contributed by atoms with E-state index in [9.17, 15) is 4.79 Å². The van der Waals surface area contributed by atoms with Crippen LogP contribution in [0.4, 0.5) is 0 Å². The van der Waals surface area contributed by atoms with Gasteiger partial charge in [0.25, 0.3) is 5.91 Å². The largest absolute Gasteiger partial charge is 0.351 e. The van der Waals surface area contributed by atoms with Crippen molar-refractivity contribution in [3.8, 4) is 0 Å². The SMILES string of the molecule is Cc1cc(C(=O)NCCSc2ccc(Cl)cc2)c(C)s1. The Morgan fingerprint density at radius 3 is 2.60 bits per heavy atom. The molecule has 106 valence electrons. The van der Waals surface area contributed by atoms with Crippen molar-refractivity contribution in [2.75, 3.05) is 12.3 Å². The molecule has 0 saturated heterocycles. The molecule has 1 aromatic carbocycles. The number of rotatable bonds is 5. The number of hydrogen-bond acceptors (Lipinski definition) is 3. The molecule has 0 fully saturated rings. The molecule has 1 N–H and O–H groups in total. The average molecular weight is 326 g/mol. The monoisotopic (exact) mass is 325 g/mol. The molecule has 0 saturated carbocycles. The van der Waals surface area contributed by atoms with Crippen molar-refractivity contribution < 1.29 is 4.79 Å². The molecule has 2 aromatic rings. The van der Waals surface area contributed by atoms with E-state index in [2.05, 4.69) is 5.32 Å². The second-order valence-corrected chi connectivity index (χ2v) is 7.45. The highest BCUT2D eigenvalue weighted by Gasteiger charge is 2.10. The molecule has 0 unspecified atom stereocenters. The van der Waals surface area contributed by atoms with E-state index in [-0.39, 0.29) is 5.91 Å². The Bertz CT molecular complexity index is 592. The Kier molecular flexibility index (Phi) is 5.52. The number of amides is 1. The normalized spacial score (nSPS) is 10.6. The first-order valence-corrected chi connectivity index (χ1v) is 8.48. The number of nitrogens with one attached hydrogen (secondary N) is 1. The van der Waals surface area contributed by atoms with Gasteiger partial charge in [0, 0.05) is 32.0 Å². The van der Waals surface area contributed by atoms with Gasteiger partial charge in [0.1, 0.15) is 0 Å². The Morgan fingerprint density at radius 2 is 2.00 bits per heavy atom. The Morgan fingerprint density at radius 1 is 1.30 bits per heavy atom. The fraction of sp³-hybridized carbons (Fsp3) is 0.267. The minimum Gasteiger partial charge on any atom is -0.351 e. The van der Waals surface area contributed by atoms with Crippen LogP contribution in [-0.2, 0) is 0 Å². The third-order valence-corrected chi connectivity index (χ3v) is 4.99. The lowest BCUT2D eigenvalue weighted by molar-refractivity contribution is 0.0956. The molecule has 2 rings (SSSR count). The average Bonchev–Trinajstić information content (AvgIpc) is 2.75. The lowest BCUT2D eigenvalue weighted by Gasteiger charge is -2.05. The molecule has 0 spiro atoms. The Labute approximate surface area is 132 Å². The number of carbonyl (C=O) groups is 1. The minimum atomic E-state index is 0.0172. The van der Waals surface area contributed by atoms with Gasteiger partial charge in [0.15, 0.2) is 0 Å². The van der Waals surface area contributed by atoms with Gasteiger partial charge in [0.05, 0.1) is 5.56 Å². The fourth-order valence-electron chi connectivity index (χ4n) is 1.82. The number of aryl methyl sites for hydroxylation is 2. The zero-order chi connectivity index (χ0) is 14.5. The fourth-order valence-corrected chi connectivity index (χ4v) is 3.63. The number of hydrogen-bond donors (Lipinski definition) is 1. The molecule has 1 aromatic heterocycles. The van der Waals surface area contributed by atoms with Gasteiger partial charge in [0.2, 0.25) is 0 Å². The van der Waals surface area contributed by atoms with Crippen LogP contribution in [-0.4, -0.2) is 18.2 Å². The highest BCUT2D eigenvalue weighted by Crippen LogP contribution is 2.21. The third kappa shape index (κ3) is 4.27. The molecule has 0 aliphatic rings. The number of thioether (sulfide) groups is 1. The topological polar surface area (TPSA) is 29.1 Å². The lowest BCUT2D eigenvalue weighted by atomic mass is 10.2. The first-order valence-electron chi connectivity index (χ1n) is 6.30. The van der Waals surface area contributed by atoms with Crippen molar-refractivity contribution in [1.29, 1.82) is 0 Å². The van der Waals surface area contributed by atoms with Gasteiger partial charge < -0.3 is 5.32 Å². The predicted molar refractivity (Wildman–Crippen MR) is 88.3 cm³/mol. The van der Waals surface area contributed by atoms with Crippen molar-refractivity contribution in [3.05, 3.63) is 50.7 Å². The zero-order valence-corrected chi connectivity index (χ0v) is 13.8. The molecule has 20 heavy (non-hydrogen) atoms. The number of thiophene rings is 1. The minimum absolute atomic E-state index is 0.0172. The summed E-state index contributed by atoms with van der Waals surface area (Å²) in [5.74, 6) is 0.860. The van der Waals surface area contributed by atoms with E-state index in [0.717, 1.165) is 26.1 Å². The molecule has 1 amide bonds. The van der Waals surface area contributed by atoms with Crippen molar-refractivity contribution >= 4 is 40.6 Å². The van der Waals surface area contributed by atoms with Crippen LogP contribution < -0.4 is 5.32 Å². The number of benzene rings is 1. The molecular formula is C15H16ClNOS2. The van der Waals surface area contributed by atoms with Gasteiger partial charge in [-0.1, -0.05) is 11.6 Å². The van der Waals surface area contributed by atoms with Crippen molar-refractivity contribution in [2.45, 2.75) is 18.7 Å². The lowest BCUT2D eigenvalue weighted by Crippen LogP contribution is -2.25. The summed E-state index contributed by atoms with van der Waals surface area (Å²) in [6, 6.07) is 9.67. The van der Waals surface area contributed by atoms with Crippen LogP contribution >= 0.6 is 34.7 Å². The standard InChI is InChI=1S/C15H16ClNOS2/c1-10-9-14(11(2)20-10)15(18)17-7-8-19-13-5-3-12(16)4-6-13/h3-6,9H,7-8H2,1-2H3,(H,17,18). The zero-order valence-electron chi connectivity index (χ0n) is 11.4. The maximum atomic E-state index is 12.0. The predicted octanol–water partition coefficient (Wildman–Crippen LogP) is 4.54. The second-order valence-electron chi connectivity index (χ2n) is 4.39. The van der Waals surface area contributed by atoms with Crippen LogP contribution in [0.3, 0.4) is 0 Å². The summed E-state index contributed by atoms with van der Waals surface area (Å²) >= 11 is 9.20. The van der Waals surface area contributed by atoms with Gasteiger partial charge in [-0.3, -0.25) is 4.79 Å². The maximum absolute atomic E-state index is 12.0. The highest BCUT2D eigenvalue weighted by atomic mass is 35.5. The van der Waals surface area contributed by atoms with E-state index in [4.69, 9.17) is 11.6 Å². The molecular weight excluding hydrogens is 310 g/mol. The third-order valence-electron chi connectivity index (χ3n) is 2.76. The molecule has 0 radical (unpaired) electrons. The quantitative estimate of drug-likeness (QED) is 0.646. The Hall–Kier alpha value is -0.970. The van der Waals surface area contributed by atoms with Crippen LogP contribution in [0.15, 0.2) is 35.2 Å². The summed E-state index contributed by atoms with van der Waals surface area (Å²) in [6.07, 6.45) is 0. The first kappa shape index (κ1) is 15.4. The molecule has 5 heteroatoms. The van der Waals surface area contributed by atoms with Gasteiger partial charge in [-0.25, -0.2) is 0 Å². The maximum Gasteiger partial charge on any atom is 0.252 e. The van der Waals surface area contributed by atoms with Crippen LogP contribution in [0.5, 0.6) is 0 Å². The number of halogens is 1. The summed E-state index contributed by atoms with van der Waals surface area (Å²) in [6.45, 7) is 4.65. The van der Waals surface area contributed by atoms with E-state index in [1.165, 1.54) is 4.88 Å². The smallest absolute Gasteiger partial charge is 0.252 e. The van der Waals surface area contributed by atoms with Crippen LogP contribution in [0.25, 0.3) is 0 Å². The van der Waals surface area contributed by atoms with E-state index >= 15 is 0 Å². The molecule has 2 nitrogen and oxygen atoms in total. The summed E-state index contributed by atoms with van der Waals surface area (Å²) < 4.78 is 0. The van der Waals surface area contributed by atoms with E-state index in [1.807, 2.05) is 44.2 Å². The van der Waals surface area contributed by atoms with E-state index in [1.54, 1.807) is 23.1 Å². The summed E-state index contributed by atoms with van der Waals surface area (Å²) in [7, 11) is 0. The van der Waals surface area contributed by atoms with E-state index in [0.29, 0.717) is 6.54 Å². The molecule has 1 heterocycles. The summed E-state index contributed by atoms with van der Waals surface area (Å²) in [5.41, 5.74) is 0.795. The molecule has 0 aliphatic carbocycles. The van der Waals surface area contributed by atoms with Crippen molar-refractivity contribution in [3.63, 3.8) is 0 Å². The van der Waals surface area contributed by atoms with E-state index < -0.39 is 0 Å². The van der Waals surface area contributed by atoms with Crippen molar-refractivity contribution in [2.24, 2.45) is 0 Å². The molecule has 0 bridgehead atoms. The summed E-state index contributed by atoms with van der Waals surface area (Å²) in [4.78, 5) is 15.4. The molecule has 0 atom stereocenters. The van der Waals surface area contributed by atoms with Crippen LogP contribution in [0.1, 0.15) is 20.1 Å². The van der Waals surface area contributed by atoms with Gasteiger partial charge in [-0.15, -0.1) is 23.1 Å².